The maximum absolute atomic E-state index is 13.4. The zero-order valence-electron chi connectivity index (χ0n) is 16.5. The number of allylic oxidation sites excluding steroid dienone is 2. The lowest BCUT2D eigenvalue weighted by Gasteiger charge is -2.27. The first-order valence-corrected chi connectivity index (χ1v) is 11.5. The van der Waals surface area contributed by atoms with Crippen molar-refractivity contribution >= 4 is 50.9 Å². The summed E-state index contributed by atoms with van der Waals surface area (Å²) in [6.07, 6.45) is 5.20. The molecule has 2 fully saturated rings. The van der Waals surface area contributed by atoms with Gasteiger partial charge in [0.1, 0.15) is 6.04 Å². The first-order chi connectivity index (χ1) is 14.9. The number of amides is 3. The second-order valence-corrected chi connectivity index (χ2v) is 9.69. The van der Waals surface area contributed by atoms with E-state index in [-0.39, 0.29) is 41.9 Å². The third kappa shape index (κ3) is 3.52. The van der Waals surface area contributed by atoms with Crippen molar-refractivity contribution in [3.63, 3.8) is 0 Å². The summed E-state index contributed by atoms with van der Waals surface area (Å²) in [5.41, 5.74) is 1.32. The summed E-state index contributed by atoms with van der Waals surface area (Å²) < 4.78 is 0.789. The molecule has 3 amide bonds. The zero-order chi connectivity index (χ0) is 21.7. The predicted molar refractivity (Wildman–Crippen MR) is 121 cm³/mol. The molecule has 5 rings (SSSR count). The van der Waals surface area contributed by atoms with Gasteiger partial charge in [-0.25, -0.2) is 0 Å². The normalized spacial score (nSPS) is 27.0. The Kier molecular flexibility index (Phi) is 5.22. The summed E-state index contributed by atoms with van der Waals surface area (Å²) in [4.78, 5) is 41.3. The fourth-order valence-electron chi connectivity index (χ4n) is 5.18. The summed E-state index contributed by atoms with van der Waals surface area (Å²) >= 11 is 9.63. The third-order valence-corrected chi connectivity index (χ3v) is 7.39. The number of rotatable bonds is 5. The highest BCUT2D eigenvalue weighted by atomic mass is 79.9. The van der Waals surface area contributed by atoms with Crippen LogP contribution in [0, 0.1) is 23.7 Å². The Morgan fingerprint density at radius 2 is 1.71 bits per heavy atom. The summed E-state index contributed by atoms with van der Waals surface area (Å²) in [7, 11) is 0. The first-order valence-electron chi connectivity index (χ1n) is 10.3. The van der Waals surface area contributed by atoms with E-state index in [9.17, 15) is 14.4 Å². The molecule has 1 saturated heterocycles. The Morgan fingerprint density at radius 1 is 1.06 bits per heavy atom. The molecule has 2 aromatic rings. The quantitative estimate of drug-likeness (QED) is 0.488. The Balaban J connectivity index is 1.47. The average molecular weight is 500 g/mol. The van der Waals surface area contributed by atoms with E-state index in [2.05, 4.69) is 21.2 Å². The molecule has 0 unspecified atom stereocenters. The molecule has 1 N–H and O–H groups in total. The molecule has 2 aliphatic carbocycles. The first kappa shape index (κ1) is 20.5. The standard InChI is InChI=1S/C24H20BrClN2O3/c25-16-8-9-18(17(26)12-16)27-22(29)19(10-13-4-2-1-3-5-13)28-23(30)20-14-6-7-15(11-14)21(20)24(28)31/h1-9,12,14-15,19-21H,10-11H2,(H,27,29)/t14-,15+,19-,20-,21-/m0/s1. The van der Waals surface area contributed by atoms with Crippen LogP contribution in [-0.4, -0.2) is 28.7 Å². The molecule has 2 bridgehead atoms. The number of carbonyl (C=O) groups excluding carboxylic acids is 3. The van der Waals surface area contributed by atoms with Crippen molar-refractivity contribution in [2.75, 3.05) is 5.32 Å². The highest BCUT2D eigenvalue weighted by Gasteiger charge is 2.61. The van der Waals surface area contributed by atoms with Crippen LogP contribution in [-0.2, 0) is 20.8 Å². The van der Waals surface area contributed by atoms with E-state index in [1.54, 1.807) is 18.2 Å². The molecule has 1 saturated carbocycles. The Hall–Kier alpha value is -2.44. The maximum Gasteiger partial charge on any atom is 0.248 e. The molecule has 7 heteroatoms. The van der Waals surface area contributed by atoms with E-state index in [0.29, 0.717) is 10.7 Å². The van der Waals surface area contributed by atoms with Gasteiger partial charge in [-0.05, 0) is 42.0 Å². The molecular formula is C24H20BrClN2O3. The van der Waals surface area contributed by atoms with Gasteiger partial charge < -0.3 is 5.32 Å². The summed E-state index contributed by atoms with van der Waals surface area (Å²) in [5, 5.41) is 3.20. The molecule has 5 nitrogen and oxygen atoms in total. The molecule has 158 valence electrons. The van der Waals surface area contributed by atoms with Crippen LogP contribution in [0.5, 0.6) is 0 Å². The van der Waals surface area contributed by atoms with Crippen molar-refractivity contribution in [3.05, 3.63) is 75.7 Å². The number of carbonyl (C=O) groups is 3. The number of fused-ring (bicyclic) bond motifs is 5. The molecule has 0 radical (unpaired) electrons. The smallest absolute Gasteiger partial charge is 0.248 e. The predicted octanol–water partition coefficient (Wildman–Crippen LogP) is 4.46. The minimum absolute atomic E-state index is 0.0952. The van der Waals surface area contributed by atoms with Gasteiger partial charge in [-0.15, -0.1) is 0 Å². The van der Waals surface area contributed by atoms with Crippen molar-refractivity contribution in [3.8, 4) is 0 Å². The van der Waals surface area contributed by atoms with E-state index in [1.165, 1.54) is 4.90 Å². The van der Waals surface area contributed by atoms with Crippen molar-refractivity contribution < 1.29 is 14.4 Å². The van der Waals surface area contributed by atoms with Gasteiger partial charge in [0.2, 0.25) is 17.7 Å². The molecule has 3 aliphatic rings. The fraction of sp³-hybridized carbons (Fsp3) is 0.292. The van der Waals surface area contributed by atoms with Gasteiger partial charge in [0.25, 0.3) is 0 Å². The lowest BCUT2D eigenvalue weighted by Crippen LogP contribution is -2.49. The van der Waals surface area contributed by atoms with Crippen LogP contribution in [0.1, 0.15) is 12.0 Å². The number of hydrogen-bond donors (Lipinski definition) is 1. The van der Waals surface area contributed by atoms with Crippen molar-refractivity contribution in [1.29, 1.82) is 0 Å². The number of nitrogens with one attached hydrogen (secondary N) is 1. The molecular weight excluding hydrogens is 480 g/mol. The summed E-state index contributed by atoms with van der Waals surface area (Å²) in [5.74, 6) is -1.38. The van der Waals surface area contributed by atoms with Crippen molar-refractivity contribution in [2.24, 2.45) is 23.7 Å². The lowest BCUT2D eigenvalue weighted by molar-refractivity contribution is -0.147. The van der Waals surface area contributed by atoms with E-state index >= 15 is 0 Å². The lowest BCUT2D eigenvalue weighted by atomic mass is 9.85. The molecule has 2 aromatic carbocycles. The van der Waals surface area contributed by atoms with E-state index in [0.717, 1.165) is 16.5 Å². The second-order valence-electron chi connectivity index (χ2n) is 8.37. The number of anilines is 1. The number of imide groups is 1. The molecule has 31 heavy (non-hydrogen) atoms. The average Bonchev–Trinajstić information content (AvgIpc) is 3.43. The van der Waals surface area contributed by atoms with Gasteiger partial charge >= 0.3 is 0 Å². The molecule has 0 spiro atoms. The number of halogens is 2. The summed E-state index contributed by atoms with van der Waals surface area (Å²) in [6, 6.07) is 13.6. The third-order valence-electron chi connectivity index (χ3n) is 6.58. The monoisotopic (exact) mass is 498 g/mol. The van der Waals surface area contributed by atoms with Crippen LogP contribution in [0.2, 0.25) is 5.02 Å². The van der Waals surface area contributed by atoms with Gasteiger partial charge in [0.15, 0.2) is 0 Å². The van der Waals surface area contributed by atoms with Gasteiger partial charge in [-0.3, -0.25) is 19.3 Å². The molecule has 5 atom stereocenters. The fourth-order valence-corrected chi connectivity index (χ4v) is 5.90. The van der Waals surface area contributed by atoms with Crippen LogP contribution >= 0.6 is 27.5 Å². The van der Waals surface area contributed by atoms with E-state index < -0.39 is 11.9 Å². The van der Waals surface area contributed by atoms with E-state index in [4.69, 9.17) is 11.6 Å². The number of benzene rings is 2. The largest absolute Gasteiger partial charge is 0.323 e. The Morgan fingerprint density at radius 3 is 2.32 bits per heavy atom. The van der Waals surface area contributed by atoms with Crippen LogP contribution in [0.3, 0.4) is 0 Å². The minimum atomic E-state index is -0.938. The minimum Gasteiger partial charge on any atom is -0.323 e. The van der Waals surface area contributed by atoms with Crippen LogP contribution in [0.4, 0.5) is 5.69 Å². The van der Waals surface area contributed by atoms with Crippen LogP contribution in [0.15, 0.2) is 65.2 Å². The molecule has 0 aromatic heterocycles. The van der Waals surface area contributed by atoms with Gasteiger partial charge in [0, 0.05) is 10.9 Å². The zero-order valence-corrected chi connectivity index (χ0v) is 18.8. The topological polar surface area (TPSA) is 66.5 Å². The van der Waals surface area contributed by atoms with Gasteiger partial charge in [0.05, 0.1) is 22.5 Å². The number of hydrogen-bond acceptors (Lipinski definition) is 3. The SMILES string of the molecule is O=C(Nc1ccc(Br)cc1Cl)[C@H](Cc1ccccc1)N1C(=O)[C@@H]2[C@@H](C1=O)[C@H]1C=C[C@@H]2C1. The maximum atomic E-state index is 13.4. The van der Waals surface area contributed by atoms with Gasteiger partial charge in [-0.1, -0.05) is 70.0 Å². The highest BCUT2D eigenvalue weighted by molar-refractivity contribution is 9.10. The molecule has 1 aliphatic heterocycles. The number of likely N-dealkylation sites (tertiary alicyclic amines) is 1. The van der Waals surface area contributed by atoms with Gasteiger partial charge in [-0.2, -0.15) is 0 Å². The van der Waals surface area contributed by atoms with Crippen LogP contribution in [0.25, 0.3) is 0 Å². The van der Waals surface area contributed by atoms with Crippen molar-refractivity contribution in [2.45, 2.75) is 18.9 Å². The van der Waals surface area contributed by atoms with Crippen molar-refractivity contribution in [1.82, 2.24) is 4.90 Å². The molecule has 1 heterocycles. The summed E-state index contributed by atoms with van der Waals surface area (Å²) in [6.45, 7) is 0. The second kappa shape index (κ2) is 7.92. The van der Waals surface area contributed by atoms with Crippen LogP contribution < -0.4 is 5.32 Å². The highest BCUT2D eigenvalue weighted by Crippen LogP contribution is 2.53. The van der Waals surface area contributed by atoms with E-state index in [1.807, 2.05) is 42.5 Å². The Labute approximate surface area is 193 Å². The Bertz CT molecular complexity index is 1070. The number of nitrogens with zero attached hydrogens (tertiary/aromatic N) is 1.